The smallest absolute Gasteiger partial charge is 0.250 e. The maximum Gasteiger partial charge on any atom is 0.416 e. The molecule has 2 aromatic heterocycles. The molecule has 4 nitrogen and oxygen atoms in total. The number of pyridine rings is 1. The van der Waals surface area contributed by atoms with Crippen molar-refractivity contribution in [2.75, 3.05) is 0 Å². The molecule has 0 spiro atoms. The van der Waals surface area contributed by atoms with Gasteiger partial charge in [0.05, 0.1) is 11.1 Å². The SMILES string of the molecule is C.CC(C)Cn1nc2c(-c3ccc(C(F)(F)F)cc3)c(-c3ccc(C(F)(F)F)cc3)ccn2c1=O. The van der Waals surface area contributed by atoms with Crippen LogP contribution < -0.4 is 5.69 Å². The third-order valence-corrected chi connectivity index (χ3v) is 5.32. The Morgan fingerprint density at radius 2 is 1.29 bits per heavy atom. The fourth-order valence-corrected chi connectivity index (χ4v) is 3.73. The molecule has 0 atom stereocenters. The van der Waals surface area contributed by atoms with Crippen LogP contribution in [0.5, 0.6) is 0 Å². The number of rotatable bonds is 4. The highest BCUT2D eigenvalue weighted by Crippen LogP contribution is 2.38. The van der Waals surface area contributed by atoms with Gasteiger partial charge >= 0.3 is 18.0 Å². The molecule has 0 amide bonds. The number of halogens is 6. The van der Waals surface area contributed by atoms with Crippen molar-refractivity contribution in [3.05, 3.63) is 82.4 Å². The van der Waals surface area contributed by atoms with Crippen LogP contribution in [0.25, 0.3) is 27.9 Å². The van der Waals surface area contributed by atoms with E-state index >= 15 is 0 Å². The molecule has 4 rings (SSSR count). The Morgan fingerprint density at radius 3 is 1.74 bits per heavy atom. The molecule has 0 aliphatic rings. The lowest BCUT2D eigenvalue weighted by atomic mass is 9.94. The molecule has 2 aromatic carbocycles. The van der Waals surface area contributed by atoms with E-state index in [1.165, 1.54) is 39.5 Å². The van der Waals surface area contributed by atoms with E-state index in [1.807, 2.05) is 13.8 Å². The molecule has 0 unspecified atom stereocenters. The highest BCUT2D eigenvalue weighted by atomic mass is 19.4. The second kappa shape index (κ2) is 9.24. The Balaban J connectivity index is 0.00000342. The molecule has 2 heterocycles. The van der Waals surface area contributed by atoms with Gasteiger partial charge in [-0.3, -0.25) is 0 Å². The predicted molar refractivity (Wildman–Crippen MR) is 122 cm³/mol. The molecular weight excluding hydrogens is 472 g/mol. The highest BCUT2D eigenvalue weighted by Gasteiger charge is 2.31. The molecule has 35 heavy (non-hydrogen) atoms. The van der Waals surface area contributed by atoms with Crippen molar-refractivity contribution >= 4 is 5.65 Å². The van der Waals surface area contributed by atoms with E-state index < -0.39 is 29.2 Å². The Hall–Kier alpha value is -3.56. The summed E-state index contributed by atoms with van der Waals surface area (Å²) in [4.78, 5) is 12.8. The summed E-state index contributed by atoms with van der Waals surface area (Å²) < 4.78 is 80.8. The van der Waals surface area contributed by atoms with E-state index in [2.05, 4.69) is 5.10 Å². The van der Waals surface area contributed by atoms with Gasteiger partial charge in [-0.2, -0.15) is 26.3 Å². The number of alkyl halides is 6. The van der Waals surface area contributed by atoms with Gasteiger partial charge in [0.2, 0.25) is 0 Å². The van der Waals surface area contributed by atoms with Crippen LogP contribution in [0.2, 0.25) is 0 Å². The number of aromatic nitrogens is 3. The lowest BCUT2D eigenvalue weighted by molar-refractivity contribution is -0.138. The van der Waals surface area contributed by atoms with Crippen molar-refractivity contribution in [1.29, 1.82) is 0 Å². The number of nitrogens with zero attached hydrogens (tertiary/aromatic N) is 3. The first-order valence-electron chi connectivity index (χ1n) is 10.3. The van der Waals surface area contributed by atoms with Crippen LogP contribution in [-0.4, -0.2) is 14.2 Å². The molecule has 0 saturated heterocycles. The lowest BCUT2D eigenvalue weighted by Crippen LogP contribution is -2.23. The third kappa shape index (κ3) is 5.11. The summed E-state index contributed by atoms with van der Waals surface area (Å²) in [5.74, 6) is 0.103. The summed E-state index contributed by atoms with van der Waals surface area (Å²) in [6.07, 6.45) is -7.58. The standard InChI is InChI=1S/C24H19F6N3O.CH4/c1-14(2)13-33-22(34)32-12-11-19(15-3-7-17(8-4-15)23(25,26)27)20(21(32)31-33)16-5-9-18(10-6-16)24(28,29)30;/h3-12,14H,13H2,1-2H3;1H4. The number of benzene rings is 2. The minimum atomic E-state index is -4.53. The molecule has 0 radical (unpaired) electrons. The molecule has 10 heteroatoms. The van der Waals surface area contributed by atoms with Gasteiger partial charge in [-0.15, -0.1) is 5.10 Å². The maximum absolute atomic E-state index is 13.1. The van der Waals surface area contributed by atoms with Crippen molar-refractivity contribution < 1.29 is 26.3 Å². The topological polar surface area (TPSA) is 39.3 Å². The van der Waals surface area contributed by atoms with Gasteiger partial charge in [-0.25, -0.2) is 13.9 Å². The van der Waals surface area contributed by atoms with Gasteiger partial charge in [-0.1, -0.05) is 45.5 Å². The number of fused-ring (bicyclic) bond motifs is 1. The lowest BCUT2D eigenvalue weighted by Gasteiger charge is -2.14. The van der Waals surface area contributed by atoms with Crippen LogP contribution >= 0.6 is 0 Å². The van der Waals surface area contributed by atoms with Gasteiger partial charge in [0.1, 0.15) is 0 Å². The normalized spacial score (nSPS) is 12.3. The summed E-state index contributed by atoms with van der Waals surface area (Å²) in [5.41, 5.74) is -0.379. The summed E-state index contributed by atoms with van der Waals surface area (Å²) in [6.45, 7) is 4.13. The zero-order chi connectivity index (χ0) is 24.8. The second-order valence-electron chi connectivity index (χ2n) is 8.31. The highest BCUT2D eigenvalue weighted by molar-refractivity contribution is 5.91. The van der Waals surface area contributed by atoms with Gasteiger partial charge in [-0.05, 0) is 52.9 Å². The van der Waals surface area contributed by atoms with Gasteiger partial charge < -0.3 is 0 Å². The van der Waals surface area contributed by atoms with Gasteiger partial charge in [0.15, 0.2) is 5.65 Å². The van der Waals surface area contributed by atoms with Crippen LogP contribution in [-0.2, 0) is 18.9 Å². The van der Waals surface area contributed by atoms with E-state index in [4.69, 9.17) is 0 Å². The molecular formula is C25H23F6N3O. The minimum absolute atomic E-state index is 0. The average Bonchev–Trinajstić information content (AvgIpc) is 3.07. The molecule has 0 bridgehead atoms. The van der Waals surface area contributed by atoms with Crippen molar-refractivity contribution in [3.63, 3.8) is 0 Å². The Bertz CT molecular complexity index is 1380. The van der Waals surface area contributed by atoms with Crippen LogP contribution in [0.15, 0.2) is 65.6 Å². The predicted octanol–water partition coefficient (Wildman–Crippen LogP) is 7.16. The molecule has 0 fully saturated rings. The molecule has 0 aliphatic carbocycles. The van der Waals surface area contributed by atoms with Crippen molar-refractivity contribution in [2.24, 2.45) is 5.92 Å². The first-order valence-corrected chi connectivity index (χ1v) is 10.3. The summed E-state index contributed by atoms with van der Waals surface area (Å²) in [5, 5.41) is 4.41. The monoisotopic (exact) mass is 495 g/mol. The van der Waals surface area contributed by atoms with E-state index in [0.29, 0.717) is 28.8 Å². The van der Waals surface area contributed by atoms with E-state index in [1.54, 1.807) is 6.07 Å². The minimum Gasteiger partial charge on any atom is -0.250 e. The van der Waals surface area contributed by atoms with E-state index in [-0.39, 0.29) is 19.0 Å². The van der Waals surface area contributed by atoms with Crippen molar-refractivity contribution in [3.8, 4) is 22.3 Å². The Kier molecular flexibility index (Phi) is 6.88. The Morgan fingerprint density at radius 1 is 0.800 bits per heavy atom. The van der Waals surface area contributed by atoms with Crippen molar-refractivity contribution in [1.82, 2.24) is 14.2 Å². The van der Waals surface area contributed by atoms with E-state index in [9.17, 15) is 31.1 Å². The molecule has 0 saturated carbocycles. The van der Waals surface area contributed by atoms with Crippen LogP contribution in [0.1, 0.15) is 32.4 Å². The molecule has 4 aromatic rings. The van der Waals surface area contributed by atoms with Crippen LogP contribution in [0.4, 0.5) is 26.3 Å². The van der Waals surface area contributed by atoms with Crippen LogP contribution in [0.3, 0.4) is 0 Å². The van der Waals surface area contributed by atoms with Crippen molar-refractivity contribution in [2.45, 2.75) is 40.2 Å². The van der Waals surface area contributed by atoms with Crippen LogP contribution in [0, 0.1) is 5.92 Å². The first-order chi connectivity index (χ1) is 15.9. The summed E-state index contributed by atoms with van der Waals surface area (Å²) in [6, 6.07) is 10.3. The average molecular weight is 495 g/mol. The number of hydrogen-bond donors (Lipinski definition) is 0. The summed E-state index contributed by atoms with van der Waals surface area (Å²) >= 11 is 0. The number of hydrogen-bond acceptors (Lipinski definition) is 2. The zero-order valence-electron chi connectivity index (χ0n) is 18.1. The fraction of sp³-hybridized carbons (Fsp3) is 0.280. The second-order valence-corrected chi connectivity index (χ2v) is 8.31. The Labute approximate surface area is 197 Å². The first kappa shape index (κ1) is 26.1. The quantitative estimate of drug-likeness (QED) is 0.282. The zero-order valence-corrected chi connectivity index (χ0v) is 18.1. The maximum atomic E-state index is 13.1. The van der Waals surface area contributed by atoms with Gasteiger partial charge in [0, 0.05) is 18.3 Å². The van der Waals surface area contributed by atoms with E-state index in [0.717, 1.165) is 24.3 Å². The molecule has 186 valence electrons. The molecule has 0 aliphatic heterocycles. The largest absolute Gasteiger partial charge is 0.416 e. The molecule has 0 N–H and O–H groups in total. The third-order valence-electron chi connectivity index (χ3n) is 5.32. The summed E-state index contributed by atoms with van der Waals surface area (Å²) in [7, 11) is 0. The van der Waals surface area contributed by atoms with Gasteiger partial charge in [0.25, 0.3) is 0 Å². The fourth-order valence-electron chi connectivity index (χ4n) is 3.73.